The second kappa shape index (κ2) is 5.34. The van der Waals surface area contributed by atoms with E-state index in [1.807, 2.05) is 30.3 Å². The monoisotopic (exact) mass is 258 g/mol. The van der Waals surface area contributed by atoms with Crippen molar-refractivity contribution in [2.45, 2.75) is 13.5 Å². The van der Waals surface area contributed by atoms with E-state index in [1.54, 1.807) is 6.92 Å². The maximum Gasteiger partial charge on any atom is 0.254 e. The van der Waals surface area contributed by atoms with Gasteiger partial charge in [0.25, 0.3) is 5.91 Å². The van der Waals surface area contributed by atoms with Crippen LogP contribution in [0.15, 0.2) is 30.3 Å². The van der Waals surface area contributed by atoms with Crippen LogP contribution >= 0.6 is 0 Å². The summed E-state index contributed by atoms with van der Waals surface area (Å²) < 4.78 is 5.51. The quantitative estimate of drug-likeness (QED) is 0.852. The molecule has 0 aliphatic rings. The number of aromatic nitrogens is 2. The number of rotatable bonds is 4. The Morgan fingerprint density at radius 3 is 2.53 bits per heavy atom. The van der Waals surface area contributed by atoms with E-state index in [4.69, 9.17) is 16.2 Å². The molecule has 0 atom stereocenters. The Bertz CT molecular complexity index is 576. The summed E-state index contributed by atoms with van der Waals surface area (Å²) in [4.78, 5) is 19.3. The molecule has 4 N–H and O–H groups in total. The van der Waals surface area contributed by atoms with Crippen LogP contribution in [-0.4, -0.2) is 15.9 Å². The Labute approximate surface area is 110 Å². The number of anilines is 1. The predicted molar refractivity (Wildman–Crippen MR) is 70.5 cm³/mol. The lowest BCUT2D eigenvalue weighted by molar-refractivity contribution is 0.0999. The lowest BCUT2D eigenvalue weighted by Gasteiger charge is -2.09. The van der Waals surface area contributed by atoms with E-state index in [0.717, 1.165) is 0 Å². The van der Waals surface area contributed by atoms with Crippen molar-refractivity contribution in [3.05, 3.63) is 47.4 Å². The van der Waals surface area contributed by atoms with Gasteiger partial charge in [0.1, 0.15) is 23.7 Å². The lowest BCUT2D eigenvalue weighted by atomic mass is 10.2. The molecule has 0 aliphatic heterocycles. The first-order chi connectivity index (χ1) is 9.08. The summed E-state index contributed by atoms with van der Waals surface area (Å²) >= 11 is 0. The Hall–Kier alpha value is -2.63. The van der Waals surface area contributed by atoms with Crippen LogP contribution in [0.2, 0.25) is 0 Å². The molecule has 0 aliphatic carbocycles. The number of nitrogens with zero attached hydrogens (tertiary/aromatic N) is 2. The van der Waals surface area contributed by atoms with Crippen LogP contribution in [0.3, 0.4) is 0 Å². The summed E-state index contributed by atoms with van der Waals surface area (Å²) in [5.41, 5.74) is 11.5. The van der Waals surface area contributed by atoms with Crippen LogP contribution < -0.4 is 16.2 Å². The minimum absolute atomic E-state index is 0.0756. The van der Waals surface area contributed by atoms with Crippen LogP contribution in [0.5, 0.6) is 5.75 Å². The van der Waals surface area contributed by atoms with Gasteiger partial charge >= 0.3 is 0 Å². The first-order valence-electron chi connectivity index (χ1n) is 5.68. The average molecular weight is 258 g/mol. The van der Waals surface area contributed by atoms with Gasteiger partial charge in [0.05, 0.1) is 5.69 Å². The fraction of sp³-hybridized carbons (Fsp3) is 0.154. The van der Waals surface area contributed by atoms with Gasteiger partial charge < -0.3 is 16.2 Å². The smallest absolute Gasteiger partial charge is 0.254 e. The van der Waals surface area contributed by atoms with E-state index < -0.39 is 5.91 Å². The Morgan fingerprint density at radius 2 is 1.95 bits per heavy atom. The lowest BCUT2D eigenvalue weighted by Crippen LogP contribution is -2.19. The SMILES string of the molecule is Cc1nc(COc2ccccc2)nc(N)c1C(N)=O. The van der Waals surface area contributed by atoms with Gasteiger partial charge in [-0.1, -0.05) is 18.2 Å². The number of benzene rings is 1. The molecule has 1 aromatic heterocycles. The normalized spacial score (nSPS) is 10.2. The zero-order valence-corrected chi connectivity index (χ0v) is 10.5. The number of carbonyl (C=O) groups excluding carboxylic acids is 1. The summed E-state index contributed by atoms with van der Waals surface area (Å²) in [5.74, 6) is 0.558. The van der Waals surface area contributed by atoms with E-state index in [2.05, 4.69) is 9.97 Å². The molecule has 2 aromatic rings. The van der Waals surface area contributed by atoms with Crippen molar-refractivity contribution in [3.8, 4) is 5.75 Å². The van der Waals surface area contributed by atoms with E-state index in [1.165, 1.54) is 0 Å². The summed E-state index contributed by atoms with van der Waals surface area (Å²) in [7, 11) is 0. The molecule has 1 heterocycles. The number of nitrogens with two attached hydrogens (primary N) is 2. The van der Waals surface area contributed by atoms with Crippen molar-refractivity contribution in [2.75, 3.05) is 5.73 Å². The Balaban J connectivity index is 2.16. The van der Waals surface area contributed by atoms with Gasteiger partial charge in [-0.2, -0.15) is 0 Å². The topological polar surface area (TPSA) is 104 Å². The molecule has 1 amide bonds. The van der Waals surface area contributed by atoms with Crippen molar-refractivity contribution in [2.24, 2.45) is 5.73 Å². The van der Waals surface area contributed by atoms with Gasteiger partial charge in [-0.15, -0.1) is 0 Å². The largest absolute Gasteiger partial charge is 0.486 e. The van der Waals surface area contributed by atoms with Crippen LogP contribution in [0.25, 0.3) is 0 Å². The maximum absolute atomic E-state index is 11.2. The molecule has 0 spiro atoms. The van der Waals surface area contributed by atoms with Gasteiger partial charge in [0.2, 0.25) is 0 Å². The van der Waals surface area contributed by atoms with Gasteiger partial charge in [-0.05, 0) is 19.1 Å². The molecule has 1 aromatic carbocycles. The summed E-state index contributed by atoms with van der Waals surface area (Å²) in [6, 6.07) is 9.28. The molecule has 0 bridgehead atoms. The number of primary amides is 1. The molecule has 0 fully saturated rings. The van der Waals surface area contributed by atoms with Gasteiger partial charge in [0.15, 0.2) is 5.82 Å². The predicted octanol–water partition coefficient (Wildman–Crippen LogP) is 1.05. The molecule has 6 heteroatoms. The van der Waals surface area contributed by atoms with Crippen molar-refractivity contribution >= 4 is 11.7 Å². The zero-order chi connectivity index (χ0) is 13.8. The number of para-hydroxylation sites is 1. The van der Waals surface area contributed by atoms with Crippen molar-refractivity contribution in [1.29, 1.82) is 0 Å². The summed E-state index contributed by atoms with van der Waals surface area (Å²) in [6.07, 6.45) is 0. The van der Waals surface area contributed by atoms with E-state index in [0.29, 0.717) is 17.3 Å². The molecule has 6 nitrogen and oxygen atoms in total. The van der Waals surface area contributed by atoms with E-state index >= 15 is 0 Å². The second-order valence-electron chi connectivity index (χ2n) is 3.95. The highest BCUT2D eigenvalue weighted by Gasteiger charge is 2.14. The number of ether oxygens (including phenoxy) is 1. The number of carbonyl (C=O) groups is 1. The standard InChI is InChI=1S/C13H14N4O2/c1-8-11(13(15)18)12(14)17-10(16-8)7-19-9-5-3-2-4-6-9/h2-6H,7H2,1H3,(H2,15,18)(H2,14,16,17). The van der Waals surface area contributed by atoms with Gasteiger partial charge in [-0.25, -0.2) is 9.97 Å². The highest BCUT2D eigenvalue weighted by Crippen LogP contribution is 2.14. The van der Waals surface area contributed by atoms with E-state index in [9.17, 15) is 4.79 Å². The van der Waals surface area contributed by atoms with Crippen LogP contribution in [-0.2, 0) is 6.61 Å². The third-order valence-corrected chi connectivity index (χ3v) is 2.52. The Morgan fingerprint density at radius 1 is 1.26 bits per heavy atom. The molecule has 98 valence electrons. The van der Waals surface area contributed by atoms with Crippen molar-refractivity contribution in [1.82, 2.24) is 9.97 Å². The first-order valence-corrected chi connectivity index (χ1v) is 5.68. The molecule has 0 unspecified atom stereocenters. The second-order valence-corrected chi connectivity index (χ2v) is 3.95. The number of aryl methyl sites for hydroxylation is 1. The number of hydrogen-bond acceptors (Lipinski definition) is 5. The van der Waals surface area contributed by atoms with Gasteiger partial charge in [0, 0.05) is 0 Å². The van der Waals surface area contributed by atoms with Crippen molar-refractivity contribution < 1.29 is 9.53 Å². The first kappa shape index (κ1) is 12.8. The maximum atomic E-state index is 11.2. The molecule has 0 saturated heterocycles. The van der Waals surface area contributed by atoms with Crippen molar-refractivity contribution in [3.63, 3.8) is 0 Å². The van der Waals surface area contributed by atoms with Crippen LogP contribution in [0.1, 0.15) is 21.9 Å². The molecule has 2 rings (SSSR count). The zero-order valence-electron chi connectivity index (χ0n) is 10.5. The molecule has 19 heavy (non-hydrogen) atoms. The minimum atomic E-state index is -0.634. The summed E-state index contributed by atoms with van der Waals surface area (Å²) in [5, 5.41) is 0. The highest BCUT2D eigenvalue weighted by molar-refractivity contribution is 5.98. The molecular weight excluding hydrogens is 244 g/mol. The Kier molecular flexibility index (Phi) is 3.61. The number of hydrogen-bond donors (Lipinski definition) is 2. The molecule has 0 saturated carbocycles. The third-order valence-electron chi connectivity index (χ3n) is 2.52. The highest BCUT2D eigenvalue weighted by atomic mass is 16.5. The van der Waals surface area contributed by atoms with Crippen LogP contribution in [0, 0.1) is 6.92 Å². The number of nitrogen functional groups attached to an aromatic ring is 1. The minimum Gasteiger partial charge on any atom is -0.486 e. The summed E-state index contributed by atoms with van der Waals surface area (Å²) in [6.45, 7) is 1.83. The molecular formula is C13H14N4O2. The van der Waals surface area contributed by atoms with Crippen LogP contribution in [0.4, 0.5) is 5.82 Å². The fourth-order valence-electron chi connectivity index (χ4n) is 1.69. The molecule has 0 radical (unpaired) electrons. The van der Waals surface area contributed by atoms with Gasteiger partial charge in [-0.3, -0.25) is 4.79 Å². The number of amides is 1. The fourth-order valence-corrected chi connectivity index (χ4v) is 1.69. The van der Waals surface area contributed by atoms with E-state index in [-0.39, 0.29) is 18.0 Å². The third kappa shape index (κ3) is 2.98. The average Bonchev–Trinajstić information content (AvgIpc) is 2.36.